The largest absolute Gasteiger partial charge is 0.382 e. The van der Waals surface area contributed by atoms with Crippen LogP contribution in [0, 0.1) is 5.92 Å². The van der Waals surface area contributed by atoms with E-state index < -0.39 is 0 Å². The minimum atomic E-state index is 0.517. The molecule has 0 saturated heterocycles. The standard InChI is InChI=1S/C10H18N4/c1-7-3-2-4-8(5-7)9-10(11)14(12)6-13-9/h6-8H,2-5,11-12H2,1H3. The molecule has 0 bridgehead atoms. The van der Waals surface area contributed by atoms with E-state index in [1.165, 1.54) is 30.4 Å². The lowest BCUT2D eigenvalue weighted by Crippen LogP contribution is -2.15. The molecule has 4 nitrogen and oxygen atoms in total. The van der Waals surface area contributed by atoms with Crippen LogP contribution in [0.4, 0.5) is 5.82 Å². The summed E-state index contributed by atoms with van der Waals surface area (Å²) < 4.78 is 1.41. The number of imidazole rings is 1. The highest BCUT2D eigenvalue weighted by Crippen LogP contribution is 2.36. The van der Waals surface area contributed by atoms with Crippen LogP contribution in [0.15, 0.2) is 6.33 Å². The molecule has 2 rings (SSSR count). The summed E-state index contributed by atoms with van der Waals surface area (Å²) in [7, 11) is 0. The van der Waals surface area contributed by atoms with Crippen LogP contribution < -0.4 is 11.6 Å². The Morgan fingerprint density at radius 1 is 1.50 bits per heavy atom. The average Bonchev–Trinajstić information content (AvgIpc) is 2.48. The van der Waals surface area contributed by atoms with Crippen molar-refractivity contribution in [2.75, 3.05) is 11.6 Å². The van der Waals surface area contributed by atoms with Gasteiger partial charge >= 0.3 is 0 Å². The molecule has 1 aliphatic rings. The van der Waals surface area contributed by atoms with Crippen LogP contribution in [-0.4, -0.2) is 9.66 Å². The lowest BCUT2D eigenvalue weighted by Gasteiger charge is -2.25. The lowest BCUT2D eigenvalue weighted by molar-refractivity contribution is 0.341. The highest BCUT2D eigenvalue weighted by Gasteiger charge is 2.24. The van der Waals surface area contributed by atoms with Gasteiger partial charge in [0, 0.05) is 5.92 Å². The second-order valence-electron chi connectivity index (χ2n) is 4.39. The molecule has 2 unspecified atom stereocenters. The monoisotopic (exact) mass is 194 g/mol. The van der Waals surface area contributed by atoms with E-state index in [1.807, 2.05) is 0 Å². The maximum atomic E-state index is 5.85. The van der Waals surface area contributed by atoms with Gasteiger partial charge in [-0.15, -0.1) is 0 Å². The van der Waals surface area contributed by atoms with E-state index in [-0.39, 0.29) is 0 Å². The number of rotatable bonds is 1. The Bertz CT molecular complexity index is 318. The van der Waals surface area contributed by atoms with Gasteiger partial charge in [-0.1, -0.05) is 19.8 Å². The number of nitrogen functional groups attached to an aromatic ring is 2. The van der Waals surface area contributed by atoms with E-state index in [0.29, 0.717) is 11.7 Å². The molecule has 4 N–H and O–H groups in total. The second kappa shape index (κ2) is 3.52. The van der Waals surface area contributed by atoms with Crippen LogP contribution in [0.25, 0.3) is 0 Å². The Hall–Kier alpha value is -1.19. The summed E-state index contributed by atoms with van der Waals surface area (Å²) in [6.07, 6.45) is 6.61. The van der Waals surface area contributed by atoms with E-state index >= 15 is 0 Å². The Morgan fingerprint density at radius 2 is 2.29 bits per heavy atom. The van der Waals surface area contributed by atoms with Gasteiger partial charge in [0.05, 0.1) is 5.69 Å². The highest BCUT2D eigenvalue weighted by atomic mass is 15.3. The lowest BCUT2D eigenvalue weighted by atomic mass is 9.81. The number of hydrogen-bond acceptors (Lipinski definition) is 3. The zero-order valence-electron chi connectivity index (χ0n) is 8.61. The molecule has 0 spiro atoms. The molecule has 1 aromatic rings. The smallest absolute Gasteiger partial charge is 0.145 e. The van der Waals surface area contributed by atoms with E-state index in [4.69, 9.17) is 11.6 Å². The van der Waals surface area contributed by atoms with Crippen molar-refractivity contribution in [1.82, 2.24) is 9.66 Å². The van der Waals surface area contributed by atoms with Gasteiger partial charge in [0.15, 0.2) is 0 Å². The van der Waals surface area contributed by atoms with E-state index in [2.05, 4.69) is 11.9 Å². The van der Waals surface area contributed by atoms with Crippen molar-refractivity contribution in [1.29, 1.82) is 0 Å². The van der Waals surface area contributed by atoms with Gasteiger partial charge in [-0.3, -0.25) is 0 Å². The zero-order chi connectivity index (χ0) is 10.1. The molecule has 4 heteroatoms. The first-order valence-electron chi connectivity index (χ1n) is 5.26. The van der Waals surface area contributed by atoms with Crippen molar-refractivity contribution < 1.29 is 0 Å². The fourth-order valence-electron chi connectivity index (χ4n) is 2.38. The summed E-state index contributed by atoms with van der Waals surface area (Å²) in [6.45, 7) is 2.29. The molecule has 1 heterocycles. The number of aromatic nitrogens is 2. The van der Waals surface area contributed by atoms with Gasteiger partial charge in [-0.25, -0.2) is 9.66 Å². The SMILES string of the molecule is CC1CCCC(c2ncn(N)c2N)C1. The third-order valence-electron chi connectivity index (χ3n) is 3.18. The van der Waals surface area contributed by atoms with Crippen molar-refractivity contribution in [3.05, 3.63) is 12.0 Å². The van der Waals surface area contributed by atoms with Gasteiger partial charge in [0.25, 0.3) is 0 Å². The Balaban J connectivity index is 2.18. The van der Waals surface area contributed by atoms with Crippen molar-refractivity contribution in [3.63, 3.8) is 0 Å². The summed E-state index contributed by atoms with van der Waals surface area (Å²) in [5.74, 6) is 7.55. The molecule has 0 aliphatic heterocycles. The summed E-state index contributed by atoms with van der Waals surface area (Å²) in [4.78, 5) is 4.29. The van der Waals surface area contributed by atoms with Gasteiger partial charge in [-0.05, 0) is 18.8 Å². The molecule has 78 valence electrons. The fraction of sp³-hybridized carbons (Fsp3) is 0.700. The quantitative estimate of drug-likeness (QED) is 0.665. The van der Waals surface area contributed by atoms with Crippen LogP contribution >= 0.6 is 0 Å². The number of hydrogen-bond donors (Lipinski definition) is 2. The number of nitrogens with two attached hydrogens (primary N) is 2. The first kappa shape index (κ1) is 9.37. The van der Waals surface area contributed by atoms with Crippen LogP contribution in [0.3, 0.4) is 0 Å². The Morgan fingerprint density at radius 3 is 2.86 bits per heavy atom. The second-order valence-corrected chi connectivity index (χ2v) is 4.39. The van der Waals surface area contributed by atoms with Crippen molar-refractivity contribution >= 4 is 5.82 Å². The van der Waals surface area contributed by atoms with Gasteiger partial charge in [0.1, 0.15) is 12.1 Å². The molecule has 2 atom stereocenters. The van der Waals surface area contributed by atoms with Gasteiger partial charge < -0.3 is 11.6 Å². The van der Waals surface area contributed by atoms with E-state index in [9.17, 15) is 0 Å². The minimum absolute atomic E-state index is 0.517. The molecular weight excluding hydrogens is 176 g/mol. The minimum Gasteiger partial charge on any atom is -0.382 e. The third kappa shape index (κ3) is 1.56. The molecular formula is C10H18N4. The molecule has 1 aromatic heterocycles. The Kier molecular flexibility index (Phi) is 2.35. The molecule has 1 fully saturated rings. The normalized spacial score (nSPS) is 27.8. The summed E-state index contributed by atoms with van der Waals surface area (Å²) >= 11 is 0. The van der Waals surface area contributed by atoms with E-state index in [1.54, 1.807) is 6.33 Å². The van der Waals surface area contributed by atoms with Crippen LogP contribution in [0.5, 0.6) is 0 Å². The van der Waals surface area contributed by atoms with Crippen molar-refractivity contribution in [2.24, 2.45) is 5.92 Å². The van der Waals surface area contributed by atoms with Crippen LogP contribution in [0.1, 0.15) is 44.2 Å². The highest BCUT2D eigenvalue weighted by molar-refractivity contribution is 5.38. The van der Waals surface area contributed by atoms with Crippen LogP contribution in [-0.2, 0) is 0 Å². The maximum absolute atomic E-state index is 5.85. The van der Waals surface area contributed by atoms with E-state index in [0.717, 1.165) is 11.6 Å². The fourth-order valence-corrected chi connectivity index (χ4v) is 2.38. The van der Waals surface area contributed by atoms with Gasteiger partial charge in [-0.2, -0.15) is 0 Å². The Labute approximate surface area is 84.3 Å². The molecule has 0 amide bonds. The zero-order valence-corrected chi connectivity index (χ0v) is 8.61. The molecule has 1 saturated carbocycles. The van der Waals surface area contributed by atoms with Crippen molar-refractivity contribution in [3.8, 4) is 0 Å². The first-order chi connectivity index (χ1) is 6.68. The summed E-state index contributed by atoms with van der Waals surface area (Å²) in [5, 5.41) is 0. The van der Waals surface area contributed by atoms with Gasteiger partial charge in [0.2, 0.25) is 0 Å². The molecule has 0 radical (unpaired) electrons. The first-order valence-corrected chi connectivity index (χ1v) is 5.26. The average molecular weight is 194 g/mol. The molecule has 14 heavy (non-hydrogen) atoms. The van der Waals surface area contributed by atoms with Crippen LogP contribution in [0.2, 0.25) is 0 Å². The molecule has 1 aliphatic carbocycles. The number of nitrogens with zero attached hydrogens (tertiary/aromatic N) is 2. The summed E-state index contributed by atoms with van der Waals surface area (Å²) in [5.41, 5.74) is 6.85. The summed E-state index contributed by atoms with van der Waals surface area (Å²) in [6, 6.07) is 0. The molecule has 0 aromatic carbocycles. The number of anilines is 1. The topological polar surface area (TPSA) is 69.9 Å². The third-order valence-corrected chi connectivity index (χ3v) is 3.18. The maximum Gasteiger partial charge on any atom is 0.145 e. The predicted molar refractivity (Wildman–Crippen MR) is 57.2 cm³/mol. The predicted octanol–water partition coefficient (Wildman–Crippen LogP) is 1.47. The van der Waals surface area contributed by atoms with Crippen molar-refractivity contribution in [2.45, 2.75) is 38.5 Å².